The number of carbonyl (C=O) groups excluding carboxylic acids is 3. The van der Waals surface area contributed by atoms with Crippen LogP contribution in [-0.4, -0.2) is 43.4 Å². The molecule has 0 bridgehead atoms. The zero-order chi connectivity index (χ0) is 23.0. The number of alkyl halides is 3. The van der Waals surface area contributed by atoms with Gasteiger partial charge in [-0.05, 0) is 30.7 Å². The number of urea groups is 1. The van der Waals surface area contributed by atoms with Crippen LogP contribution in [0.1, 0.15) is 18.1 Å². The predicted molar refractivity (Wildman–Crippen MR) is 108 cm³/mol. The third kappa shape index (κ3) is 4.32. The van der Waals surface area contributed by atoms with Crippen LogP contribution in [0.4, 0.5) is 29.3 Å². The van der Waals surface area contributed by atoms with Crippen molar-refractivity contribution in [1.82, 2.24) is 10.2 Å². The summed E-state index contributed by atoms with van der Waals surface area (Å²) < 4.78 is 39.2. The summed E-state index contributed by atoms with van der Waals surface area (Å²) in [7, 11) is 3.22. The number of halogens is 3. The first kappa shape index (κ1) is 22.1. The lowest BCUT2D eigenvalue weighted by atomic mass is 9.92. The zero-order valence-corrected chi connectivity index (χ0v) is 17.1. The second-order valence-corrected chi connectivity index (χ2v) is 7.48. The number of anilines is 2. The van der Waals surface area contributed by atoms with Gasteiger partial charge in [0.15, 0.2) is 0 Å². The number of rotatable bonds is 5. The summed E-state index contributed by atoms with van der Waals surface area (Å²) in [5.41, 5.74) is -1.47. The molecule has 1 aliphatic rings. The van der Waals surface area contributed by atoms with E-state index in [0.717, 1.165) is 17.0 Å². The van der Waals surface area contributed by atoms with E-state index in [9.17, 15) is 27.6 Å². The maximum Gasteiger partial charge on any atom is 0.416 e. The molecular weight excluding hydrogens is 413 g/mol. The zero-order valence-electron chi connectivity index (χ0n) is 17.1. The van der Waals surface area contributed by atoms with Crippen molar-refractivity contribution in [3.63, 3.8) is 0 Å². The van der Waals surface area contributed by atoms with E-state index in [1.165, 1.54) is 17.9 Å². The quantitative estimate of drug-likeness (QED) is 0.709. The molecule has 4 amide bonds. The molecule has 0 aliphatic carbocycles. The van der Waals surface area contributed by atoms with Crippen molar-refractivity contribution in [1.29, 1.82) is 0 Å². The van der Waals surface area contributed by atoms with E-state index in [1.807, 2.05) is 0 Å². The van der Waals surface area contributed by atoms with Crippen LogP contribution in [0.25, 0.3) is 0 Å². The van der Waals surface area contributed by atoms with E-state index in [-0.39, 0.29) is 5.69 Å². The number of hydrogen-bond donors (Lipinski definition) is 2. The summed E-state index contributed by atoms with van der Waals surface area (Å²) in [5, 5.41) is 4.96. The Bertz CT molecular complexity index is 1020. The highest BCUT2D eigenvalue weighted by Gasteiger charge is 2.49. The molecule has 164 valence electrons. The molecular formula is C21H21F3N4O3. The van der Waals surface area contributed by atoms with Gasteiger partial charge in [-0.1, -0.05) is 30.3 Å². The van der Waals surface area contributed by atoms with Crippen molar-refractivity contribution < 1.29 is 27.6 Å². The van der Waals surface area contributed by atoms with Crippen molar-refractivity contribution in [2.45, 2.75) is 18.6 Å². The third-order valence-corrected chi connectivity index (χ3v) is 5.01. The van der Waals surface area contributed by atoms with Gasteiger partial charge in [-0.15, -0.1) is 0 Å². The Kier molecular flexibility index (Phi) is 5.66. The van der Waals surface area contributed by atoms with Gasteiger partial charge < -0.3 is 15.5 Å². The highest BCUT2D eigenvalue weighted by atomic mass is 19.4. The van der Waals surface area contributed by atoms with E-state index in [2.05, 4.69) is 10.6 Å². The summed E-state index contributed by atoms with van der Waals surface area (Å²) in [6.45, 7) is 0.883. The Labute approximate surface area is 176 Å². The molecule has 2 aromatic rings. The molecule has 2 aromatic carbocycles. The van der Waals surface area contributed by atoms with Gasteiger partial charge in [0, 0.05) is 14.1 Å². The third-order valence-electron chi connectivity index (χ3n) is 5.01. The molecule has 1 atom stereocenters. The average Bonchev–Trinajstić information content (AvgIpc) is 2.91. The summed E-state index contributed by atoms with van der Waals surface area (Å²) in [6.07, 6.45) is -4.59. The lowest BCUT2D eigenvalue weighted by Crippen LogP contribution is -2.42. The largest absolute Gasteiger partial charge is 0.416 e. The number of amides is 4. The number of hydrogen-bond acceptors (Lipinski definition) is 4. The molecule has 0 unspecified atom stereocenters. The van der Waals surface area contributed by atoms with E-state index in [0.29, 0.717) is 11.3 Å². The molecule has 10 heteroatoms. The summed E-state index contributed by atoms with van der Waals surface area (Å²) in [5.74, 6) is -1.43. The SMILES string of the molecule is CN(C)c1ccc(C(F)(F)F)cc1NC(=O)CN1C(=O)N[C@](C)(c2ccccc2)C1=O. The molecule has 7 nitrogen and oxygen atoms in total. The predicted octanol–water partition coefficient (Wildman–Crippen LogP) is 3.18. The van der Waals surface area contributed by atoms with Gasteiger partial charge in [0.25, 0.3) is 5.91 Å². The highest BCUT2D eigenvalue weighted by molar-refractivity contribution is 6.10. The molecule has 0 radical (unpaired) electrons. The van der Waals surface area contributed by atoms with Gasteiger partial charge >= 0.3 is 12.2 Å². The van der Waals surface area contributed by atoms with Crippen LogP contribution in [0.5, 0.6) is 0 Å². The normalized spacial score (nSPS) is 18.7. The summed E-state index contributed by atoms with van der Waals surface area (Å²) >= 11 is 0. The number of nitrogens with zero attached hydrogens (tertiary/aromatic N) is 2. The van der Waals surface area contributed by atoms with Crippen molar-refractivity contribution >= 4 is 29.2 Å². The van der Waals surface area contributed by atoms with Gasteiger partial charge in [0.1, 0.15) is 12.1 Å². The van der Waals surface area contributed by atoms with Crippen molar-refractivity contribution in [3.05, 3.63) is 59.7 Å². The molecule has 0 spiro atoms. The highest BCUT2D eigenvalue weighted by Crippen LogP contribution is 2.35. The minimum absolute atomic E-state index is 0.0808. The van der Waals surface area contributed by atoms with Crippen LogP contribution >= 0.6 is 0 Å². The van der Waals surface area contributed by atoms with E-state index in [4.69, 9.17) is 0 Å². The molecule has 2 N–H and O–H groups in total. The Hall–Kier alpha value is -3.56. The fourth-order valence-electron chi connectivity index (χ4n) is 3.34. The number of benzene rings is 2. The second kappa shape index (κ2) is 7.93. The first-order valence-electron chi connectivity index (χ1n) is 9.31. The molecule has 1 heterocycles. The maximum atomic E-state index is 13.1. The van der Waals surface area contributed by atoms with Crippen LogP contribution < -0.4 is 15.5 Å². The van der Waals surface area contributed by atoms with Crippen LogP contribution in [0.3, 0.4) is 0 Å². The van der Waals surface area contributed by atoms with Gasteiger partial charge in [-0.25, -0.2) is 4.79 Å². The monoisotopic (exact) mass is 434 g/mol. The van der Waals surface area contributed by atoms with Crippen LogP contribution in [0.2, 0.25) is 0 Å². The van der Waals surface area contributed by atoms with Gasteiger partial charge in [-0.2, -0.15) is 13.2 Å². The fraction of sp³-hybridized carbons (Fsp3) is 0.286. The lowest BCUT2D eigenvalue weighted by Gasteiger charge is -2.22. The Morgan fingerprint density at radius 3 is 2.35 bits per heavy atom. The van der Waals surface area contributed by atoms with E-state index in [1.54, 1.807) is 44.4 Å². The van der Waals surface area contributed by atoms with Gasteiger partial charge in [0.2, 0.25) is 5.91 Å². The van der Waals surface area contributed by atoms with Crippen molar-refractivity contribution in [3.8, 4) is 0 Å². The second-order valence-electron chi connectivity index (χ2n) is 7.48. The van der Waals surface area contributed by atoms with Crippen LogP contribution in [0, 0.1) is 0 Å². The topological polar surface area (TPSA) is 81.8 Å². The smallest absolute Gasteiger partial charge is 0.376 e. The Morgan fingerprint density at radius 2 is 1.77 bits per heavy atom. The molecule has 31 heavy (non-hydrogen) atoms. The number of carbonyl (C=O) groups is 3. The standard InChI is InChI=1S/C21H21F3N4O3/c1-20(13-7-5-4-6-8-13)18(30)28(19(31)26-20)12-17(29)25-15-11-14(21(22,23)24)9-10-16(15)27(2)3/h4-11H,12H2,1-3H3,(H,25,29)(H,26,31)/t20-/m1/s1. The molecule has 1 fully saturated rings. The van der Waals surface area contributed by atoms with Crippen LogP contribution in [-0.2, 0) is 21.3 Å². The average molecular weight is 434 g/mol. The van der Waals surface area contributed by atoms with Crippen molar-refractivity contribution in [2.75, 3.05) is 30.9 Å². The first-order chi connectivity index (χ1) is 14.4. The minimum Gasteiger partial charge on any atom is -0.376 e. The molecule has 3 rings (SSSR count). The fourth-order valence-corrected chi connectivity index (χ4v) is 3.34. The number of imide groups is 1. The Morgan fingerprint density at radius 1 is 1.13 bits per heavy atom. The molecule has 1 aliphatic heterocycles. The minimum atomic E-state index is -4.59. The van der Waals surface area contributed by atoms with E-state index < -0.39 is 41.7 Å². The molecule has 0 saturated carbocycles. The summed E-state index contributed by atoms with van der Waals surface area (Å²) in [6, 6.07) is 10.7. The first-order valence-corrected chi connectivity index (χ1v) is 9.31. The molecule has 1 saturated heterocycles. The number of nitrogens with one attached hydrogen (secondary N) is 2. The van der Waals surface area contributed by atoms with Gasteiger partial charge in [-0.3, -0.25) is 14.5 Å². The van der Waals surface area contributed by atoms with Gasteiger partial charge in [0.05, 0.1) is 16.9 Å². The maximum absolute atomic E-state index is 13.1. The van der Waals surface area contributed by atoms with Crippen LogP contribution in [0.15, 0.2) is 48.5 Å². The van der Waals surface area contributed by atoms with Crippen molar-refractivity contribution in [2.24, 2.45) is 0 Å². The molecule has 0 aromatic heterocycles. The lowest BCUT2D eigenvalue weighted by molar-refractivity contribution is -0.137. The summed E-state index contributed by atoms with van der Waals surface area (Å²) in [4.78, 5) is 40.1. The van der Waals surface area contributed by atoms with E-state index >= 15 is 0 Å². The Balaban J connectivity index is 1.81.